The molecule has 0 radical (unpaired) electrons. The highest BCUT2D eigenvalue weighted by molar-refractivity contribution is 7.90. The zero-order chi connectivity index (χ0) is 18.4. The Kier molecular flexibility index (Phi) is 4.57. The molecule has 0 aromatic heterocycles. The third-order valence-electron chi connectivity index (χ3n) is 4.51. The van der Waals surface area contributed by atoms with E-state index in [-0.39, 0.29) is 23.3 Å². The summed E-state index contributed by atoms with van der Waals surface area (Å²) < 4.78 is 37.7. The maximum absolute atomic E-state index is 14.5. The normalized spacial score (nSPS) is 18.3. The minimum atomic E-state index is -3.26. The molecule has 1 aliphatic carbocycles. The molecule has 1 fully saturated rings. The van der Waals surface area contributed by atoms with E-state index in [1.165, 1.54) is 17.0 Å². The van der Waals surface area contributed by atoms with Crippen LogP contribution in [0.5, 0.6) is 0 Å². The number of sulfone groups is 1. The third-order valence-corrected chi connectivity index (χ3v) is 5.60. The van der Waals surface area contributed by atoms with Gasteiger partial charge in [0, 0.05) is 30.4 Å². The molecule has 25 heavy (non-hydrogen) atoms. The Morgan fingerprint density at radius 3 is 2.64 bits per heavy atom. The van der Waals surface area contributed by atoms with Crippen molar-refractivity contribution in [1.82, 2.24) is 4.90 Å². The Morgan fingerprint density at radius 1 is 1.36 bits per heavy atom. The predicted octanol–water partition coefficient (Wildman–Crippen LogP) is 1.75. The predicted molar refractivity (Wildman–Crippen MR) is 91.7 cm³/mol. The number of rotatable bonds is 5. The highest BCUT2D eigenvalue weighted by Crippen LogP contribution is 2.33. The molecular weight excluding hydrogens is 347 g/mol. The fourth-order valence-electron chi connectivity index (χ4n) is 3.30. The first-order chi connectivity index (χ1) is 11.7. The number of anilines is 1. The minimum absolute atomic E-state index is 0.0422. The average molecular weight is 368 g/mol. The Labute approximate surface area is 146 Å². The van der Waals surface area contributed by atoms with Gasteiger partial charge in [-0.1, -0.05) is 0 Å². The Bertz CT molecular complexity index is 833. The van der Waals surface area contributed by atoms with Crippen molar-refractivity contribution < 1.29 is 22.4 Å². The van der Waals surface area contributed by atoms with Crippen molar-refractivity contribution in [3.05, 3.63) is 29.1 Å². The summed E-state index contributed by atoms with van der Waals surface area (Å²) in [6, 6.07) is 2.09. The molecule has 8 heteroatoms. The van der Waals surface area contributed by atoms with Gasteiger partial charge in [0.25, 0.3) is 5.91 Å². The van der Waals surface area contributed by atoms with Crippen molar-refractivity contribution in [1.29, 1.82) is 0 Å². The Balaban J connectivity index is 1.91. The standard InChI is InChI=1S/C17H21FN2O4S/c1-10(9-25(2,23)24)20(12-4-5-12)17(22)13-7-11-3-6-16(21)19-15(11)8-14(13)18/h7-8,10,12H,3-6,9H2,1-2H3,(H,19,21). The molecule has 2 amide bonds. The molecule has 3 rings (SSSR count). The van der Waals surface area contributed by atoms with Crippen LogP contribution in [0.4, 0.5) is 10.1 Å². The molecule has 1 aromatic rings. The van der Waals surface area contributed by atoms with E-state index in [2.05, 4.69) is 5.32 Å². The number of halogens is 1. The number of hydrogen-bond acceptors (Lipinski definition) is 4. The van der Waals surface area contributed by atoms with Gasteiger partial charge >= 0.3 is 0 Å². The van der Waals surface area contributed by atoms with Crippen LogP contribution in [0.25, 0.3) is 0 Å². The molecular formula is C17H21FN2O4S. The number of benzene rings is 1. The van der Waals surface area contributed by atoms with Crippen LogP contribution in [0.3, 0.4) is 0 Å². The molecule has 1 unspecified atom stereocenters. The van der Waals surface area contributed by atoms with Gasteiger partial charge in [-0.05, 0) is 43.9 Å². The number of amides is 2. The van der Waals surface area contributed by atoms with Gasteiger partial charge < -0.3 is 10.2 Å². The molecule has 1 N–H and O–H groups in total. The molecule has 1 aliphatic heterocycles. The smallest absolute Gasteiger partial charge is 0.257 e. The second-order valence-corrected chi connectivity index (χ2v) is 9.11. The van der Waals surface area contributed by atoms with Gasteiger partial charge in [0.1, 0.15) is 15.7 Å². The molecule has 136 valence electrons. The summed E-state index contributed by atoms with van der Waals surface area (Å²) in [5.41, 5.74) is 1.05. The van der Waals surface area contributed by atoms with Crippen LogP contribution in [0.2, 0.25) is 0 Å². The zero-order valence-corrected chi connectivity index (χ0v) is 15.0. The van der Waals surface area contributed by atoms with E-state index >= 15 is 0 Å². The van der Waals surface area contributed by atoms with Gasteiger partial charge in [0.05, 0.1) is 11.3 Å². The number of nitrogens with zero attached hydrogens (tertiary/aromatic N) is 1. The summed E-state index contributed by atoms with van der Waals surface area (Å²) in [5.74, 6) is -1.52. The average Bonchev–Trinajstić information content (AvgIpc) is 3.29. The van der Waals surface area contributed by atoms with E-state index in [0.29, 0.717) is 18.5 Å². The number of hydrogen-bond donors (Lipinski definition) is 1. The largest absolute Gasteiger partial charge is 0.332 e. The van der Waals surface area contributed by atoms with Gasteiger partial charge in [-0.3, -0.25) is 9.59 Å². The number of carbonyl (C=O) groups is 2. The van der Waals surface area contributed by atoms with E-state index in [0.717, 1.165) is 24.7 Å². The Hall–Kier alpha value is -1.96. The molecule has 0 bridgehead atoms. The van der Waals surface area contributed by atoms with Crippen LogP contribution in [0.15, 0.2) is 12.1 Å². The van der Waals surface area contributed by atoms with Gasteiger partial charge in [-0.15, -0.1) is 0 Å². The van der Waals surface area contributed by atoms with Crippen LogP contribution in [0, 0.1) is 5.82 Å². The molecule has 1 aromatic carbocycles. The molecule has 1 atom stereocenters. The second kappa shape index (κ2) is 6.40. The topological polar surface area (TPSA) is 83.6 Å². The highest BCUT2D eigenvalue weighted by Gasteiger charge is 2.38. The number of nitrogens with one attached hydrogen (secondary N) is 1. The summed E-state index contributed by atoms with van der Waals surface area (Å²) >= 11 is 0. The maximum Gasteiger partial charge on any atom is 0.257 e. The lowest BCUT2D eigenvalue weighted by Crippen LogP contribution is -2.44. The van der Waals surface area contributed by atoms with Crippen LogP contribution in [-0.2, 0) is 21.1 Å². The van der Waals surface area contributed by atoms with Gasteiger partial charge in [-0.25, -0.2) is 12.8 Å². The lowest BCUT2D eigenvalue weighted by atomic mass is 9.99. The quantitative estimate of drug-likeness (QED) is 0.858. The van der Waals surface area contributed by atoms with Crippen molar-refractivity contribution >= 4 is 27.3 Å². The van der Waals surface area contributed by atoms with Crippen molar-refractivity contribution in [2.45, 2.75) is 44.7 Å². The molecule has 1 saturated carbocycles. The van der Waals surface area contributed by atoms with Crippen molar-refractivity contribution in [2.75, 3.05) is 17.3 Å². The van der Waals surface area contributed by atoms with Gasteiger partial charge in [0.2, 0.25) is 5.91 Å². The van der Waals surface area contributed by atoms with E-state index in [1.807, 2.05) is 0 Å². The molecule has 0 saturated heterocycles. The van der Waals surface area contributed by atoms with E-state index in [4.69, 9.17) is 0 Å². The summed E-state index contributed by atoms with van der Waals surface area (Å²) in [5, 5.41) is 2.60. The molecule has 2 aliphatic rings. The Morgan fingerprint density at radius 2 is 2.04 bits per heavy atom. The summed E-state index contributed by atoms with van der Waals surface area (Å²) in [6.07, 6.45) is 3.46. The third kappa shape index (κ3) is 4.00. The van der Waals surface area contributed by atoms with E-state index in [1.54, 1.807) is 6.92 Å². The summed E-state index contributed by atoms with van der Waals surface area (Å²) in [4.78, 5) is 25.8. The number of carbonyl (C=O) groups excluding carboxylic acids is 2. The van der Waals surface area contributed by atoms with Crippen LogP contribution < -0.4 is 5.32 Å². The van der Waals surface area contributed by atoms with E-state index in [9.17, 15) is 22.4 Å². The highest BCUT2D eigenvalue weighted by atomic mass is 32.2. The van der Waals surface area contributed by atoms with Crippen LogP contribution >= 0.6 is 0 Å². The first-order valence-corrected chi connectivity index (χ1v) is 10.3. The van der Waals surface area contributed by atoms with Crippen LogP contribution in [0.1, 0.15) is 42.1 Å². The molecule has 1 heterocycles. The minimum Gasteiger partial charge on any atom is -0.332 e. The molecule has 0 spiro atoms. The summed E-state index contributed by atoms with van der Waals surface area (Å²) in [7, 11) is -3.26. The SMILES string of the molecule is CC(CS(C)(=O)=O)N(C(=O)c1cc2c(cc1F)NC(=O)CC2)C1CC1. The van der Waals surface area contributed by atoms with Crippen LogP contribution in [-0.4, -0.2) is 49.2 Å². The van der Waals surface area contributed by atoms with Gasteiger partial charge in [0.15, 0.2) is 0 Å². The maximum atomic E-state index is 14.5. The second-order valence-electron chi connectivity index (χ2n) is 6.92. The fraction of sp³-hybridized carbons (Fsp3) is 0.529. The zero-order valence-electron chi connectivity index (χ0n) is 14.2. The van der Waals surface area contributed by atoms with E-state index < -0.39 is 27.6 Å². The monoisotopic (exact) mass is 368 g/mol. The number of fused-ring (bicyclic) bond motifs is 1. The van der Waals surface area contributed by atoms with Crippen molar-refractivity contribution in [3.63, 3.8) is 0 Å². The van der Waals surface area contributed by atoms with Crippen molar-refractivity contribution in [2.24, 2.45) is 0 Å². The summed E-state index contributed by atoms with van der Waals surface area (Å²) in [6.45, 7) is 1.67. The van der Waals surface area contributed by atoms with Gasteiger partial charge in [-0.2, -0.15) is 0 Å². The first kappa shape index (κ1) is 17.8. The fourth-order valence-corrected chi connectivity index (χ4v) is 4.34. The molecule has 6 nitrogen and oxygen atoms in total. The lowest BCUT2D eigenvalue weighted by Gasteiger charge is -2.29. The number of aryl methyl sites for hydroxylation is 1. The first-order valence-electron chi connectivity index (χ1n) is 8.28. The van der Waals surface area contributed by atoms with Crippen molar-refractivity contribution in [3.8, 4) is 0 Å². The lowest BCUT2D eigenvalue weighted by molar-refractivity contribution is -0.116.